The van der Waals surface area contributed by atoms with Crippen LogP contribution in [-0.4, -0.2) is 37.7 Å². The molecule has 0 bridgehead atoms. The Morgan fingerprint density at radius 1 is 0.919 bits per heavy atom. The maximum atomic E-state index is 13.2. The Hall–Kier alpha value is -4.11. The second kappa shape index (κ2) is 11.7. The van der Waals surface area contributed by atoms with Gasteiger partial charge in [-0.25, -0.2) is 9.69 Å². The van der Waals surface area contributed by atoms with Crippen molar-refractivity contribution in [2.75, 3.05) is 24.7 Å². The van der Waals surface area contributed by atoms with Crippen LogP contribution >= 0.6 is 15.9 Å². The number of hydrogen-bond acceptors (Lipinski definition) is 6. The number of nitrogens with one attached hydrogen (secondary N) is 1. The van der Waals surface area contributed by atoms with Crippen molar-refractivity contribution >= 4 is 45.5 Å². The van der Waals surface area contributed by atoms with E-state index in [1.165, 1.54) is 6.08 Å². The Morgan fingerprint density at radius 2 is 1.68 bits per heavy atom. The fraction of sp³-hybridized carbons (Fsp3) is 0.179. The lowest BCUT2D eigenvalue weighted by Gasteiger charge is -2.26. The minimum Gasteiger partial charge on any atom is -0.490 e. The van der Waals surface area contributed by atoms with E-state index in [0.29, 0.717) is 40.4 Å². The number of urea groups is 1. The number of para-hydroxylation sites is 1. The molecule has 0 atom stereocenters. The van der Waals surface area contributed by atoms with Crippen LogP contribution in [0.25, 0.3) is 6.08 Å². The number of barbiturate groups is 1. The number of nitrogens with zero attached hydrogens (tertiary/aromatic N) is 1. The van der Waals surface area contributed by atoms with E-state index >= 15 is 0 Å². The topological polar surface area (TPSA) is 94.2 Å². The number of rotatable bonds is 9. The van der Waals surface area contributed by atoms with E-state index in [4.69, 9.17) is 14.2 Å². The number of hydrogen-bond donors (Lipinski definition) is 1. The van der Waals surface area contributed by atoms with Crippen molar-refractivity contribution in [2.45, 2.75) is 13.8 Å². The molecular weight excluding hydrogens is 540 g/mol. The van der Waals surface area contributed by atoms with Gasteiger partial charge in [0.05, 0.1) is 16.8 Å². The molecule has 4 rings (SSSR count). The lowest BCUT2D eigenvalue weighted by atomic mass is 10.1. The summed E-state index contributed by atoms with van der Waals surface area (Å²) in [5.74, 6) is 0.152. The Kier molecular flexibility index (Phi) is 8.25. The molecule has 0 radical (unpaired) electrons. The van der Waals surface area contributed by atoms with E-state index in [-0.39, 0.29) is 12.2 Å². The van der Waals surface area contributed by atoms with Gasteiger partial charge in [-0.3, -0.25) is 14.9 Å². The molecule has 3 aromatic carbocycles. The first kappa shape index (κ1) is 26.0. The molecule has 0 aromatic heterocycles. The van der Waals surface area contributed by atoms with Crippen LogP contribution in [0.15, 0.2) is 76.8 Å². The number of halogens is 1. The second-order valence-corrected chi connectivity index (χ2v) is 8.92. The quantitative estimate of drug-likeness (QED) is 0.216. The minimum absolute atomic E-state index is 0.180. The lowest BCUT2D eigenvalue weighted by molar-refractivity contribution is -0.122. The van der Waals surface area contributed by atoms with Crippen molar-refractivity contribution in [2.24, 2.45) is 0 Å². The molecule has 3 aromatic rings. The average molecular weight is 565 g/mol. The van der Waals surface area contributed by atoms with Gasteiger partial charge in [-0.1, -0.05) is 30.3 Å². The summed E-state index contributed by atoms with van der Waals surface area (Å²) < 4.78 is 17.9. The molecule has 0 spiro atoms. The van der Waals surface area contributed by atoms with E-state index in [0.717, 1.165) is 16.2 Å². The number of aryl methyl sites for hydroxylation is 1. The van der Waals surface area contributed by atoms with Crippen LogP contribution in [-0.2, 0) is 9.59 Å². The van der Waals surface area contributed by atoms with Gasteiger partial charge >= 0.3 is 6.03 Å². The molecule has 190 valence electrons. The van der Waals surface area contributed by atoms with Gasteiger partial charge in [0.1, 0.15) is 24.5 Å². The van der Waals surface area contributed by atoms with Gasteiger partial charge in [-0.2, -0.15) is 0 Å². The molecule has 1 fully saturated rings. The van der Waals surface area contributed by atoms with Crippen LogP contribution in [0.2, 0.25) is 0 Å². The normalized spacial score (nSPS) is 14.5. The van der Waals surface area contributed by atoms with Crippen molar-refractivity contribution in [1.29, 1.82) is 0 Å². The summed E-state index contributed by atoms with van der Waals surface area (Å²) in [5.41, 5.74) is 1.58. The summed E-state index contributed by atoms with van der Waals surface area (Å²) in [5, 5.41) is 2.24. The molecule has 4 amide bonds. The Labute approximate surface area is 223 Å². The molecule has 1 aliphatic rings. The van der Waals surface area contributed by atoms with Crippen molar-refractivity contribution in [3.63, 3.8) is 0 Å². The van der Waals surface area contributed by atoms with Gasteiger partial charge in [-0.05, 0) is 83.4 Å². The number of benzene rings is 3. The molecule has 0 saturated carbocycles. The van der Waals surface area contributed by atoms with Gasteiger partial charge in [-0.15, -0.1) is 0 Å². The highest BCUT2D eigenvalue weighted by Crippen LogP contribution is 2.38. The monoisotopic (exact) mass is 564 g/mol. The van der Waals surface area contributed by atoms with Crippen LogP contribution < -0.4 is 24.4 Å². The third kappa shape index (κ3) is 6.18. The number of anilines is 1. The highest BCUT2D eigenvalue weighted by Gasteiger charge is 2.36. The third-order valence-electron chi connectivity index (χ3n) is 5.35. The Bertz CT molecular complexity index is 1360. The Morgan fingerprint density at radius 3 is 2.41 bits per heavy atom. The lowest BCUT2D eigenvalue weighted by Crippen LogP contribution is -2.54. The maximum Gasteiger partial charge on any atom is 0.335 e. The first-order chi connectivity index (χ1) is 17.9. The summed E-state index contributed by atoms with van der Waals surface area (Å²) in [7, 11) is 0. The fourth-order valence-corrected chi connectivity index (χ4v) is 4.29. The molecule has 1 saturated heterocycles. The average Bonchev–Trinajstić information content (AvgIpc) is 2.86. The molecule has 0 aliphatic carbocycles. The largest absolute Gasteiger partial charge is 0.490 e. The number of ether oxygens (including phenoxy) is 3. The molecule has 37 heavy (non-hydrogen) atoms. The smallest absolute Gasteiger partial charge is 0.335 e. The van der Waals surface area contributed by atoms with Crippen molar-refractivity contribution in [1.82, 2.24) is 5.32 Å². The zero-order valence-electron chi connectivity index (χ0n) is 20.3. The van der Waals surface area contributed by atoms with Gasteiger partial charge in [0.2, 0.25) is 0 Å². The summed E-state index contributed by atoms with van der Waals surface area (Å²) in [4.78, 5) is 39.2. The Balaban J connectivity index is 1.57. The number of carbonyl (C=O) groups excluding carboxylic acids is 3. The molecule has 1 heterocycles. The number of carbonyl (C=O) groups is 3. The standard InChI is InChI=1S/C28H25BrN2O6/c1-3-35-24-17-19(16-23(29)25(24)37-13-12-36-21-10-5-4-6-11-21)15-22-26(32)30-28(34)31(27(22)33)20-9-7-8-18(2)14-20/h4-11,14-17H,3,12-13H2,1-2H3,(H,30,32,34)/b22-15+. The van der Waals surface area contributed by atoms with E-state index in [1.54, 1.807) is 30.3 Å². The van der Waals surface area contributed by atoms with Crippen molar-refractivity contribution < 1.29 is 28.6 Å². The zero-order valence-corrected chi connectivity index (χ0v) is 21.9. The van der Waals surface area contributed by atoms with Gasteiger partial charge < -0.3 is 14.2 Å². The number of imide groups is 2. The third-order valence-corrected chi connectivity index (χ3v) is 5.93. The van der Waals surface area contributed by atoms with E-state index < -0.39 is 17.8 Å². The molecular formula is C28H25BrN2O6. The van der Waals surface area contributed by atoms with E-state index in [9.17, 15) is 14.4 Å². The van der Waals surface area contributed by atoms with Crippen LogP contribution in [0.3, 0.4) is 0 Å². The SMILES string of the molecule is CCOc1cc(/C=C2\C(=O)NC(=O)N(c3cccc(C)c3)C2=O)cc(Br)c1OCCOc1ccccc1. The van der Waals surface area contributed by atoms with Crippen LogP contribution in [0.4, 0.5) is 10.5 Å². The van der Waals surface area contributed by atoms with Crippen molar-refractivity contribution in [3.05, 3.63) is 87.9 Å². The predicted molar refractivity (Wildman–Crippen MR) is 143 cm³/mol. The summed E-state index contributed by atoms with van der Waals surface area (Å²) in [6.45, 7) is 4.65. The zero-order chi connectivity index (χ0) is 26.4. The van der Waals surface area contributed by atoms with Crippen LogP contribution in [0.1, 0.15) is 18.1 Å². The predicted octanol–water partition coefficient (Wildman–Crippen LogP) is 5.28. The molecule has 0 unspecified atom stereocenters. The second-order valence-electron chi connectivity index (χ2n) is 8.07. The van der Waals surface area contributed by atoms with Gasteiger partial charge in [0.15, 0.2) is 11.5 Å². The highest BCUT2D eigenvalue weighted by molar-refractivity contribution is 9.10. The summed E-state index contributed by atoms with van der Waals surface area (Å²) in [6.07, 6.45) is 1.42. The first-order valence-electron chi connectivity index (χ1n) is 11.6. The van der Waals surface area contributed by atoms with Gasteiger partial charge in [0.25, 0.3) is 11.8 Å². The molecule has 8 nitrogen and oxygen atoms in total. The summed E-state index contributed by atoms with van der Waals surface area (Å²) in [6, 6.07) is 18.9. The minimum atomic E-state index is -0.796. The number of amides is 4. The van der Waals surface area contributed by atoms with E-state index in [2.05, 4.69) is 21.2 Å². The maximum absolute atomic E-state index is 13.2. The highest BCUT2D eigenvalue weighted by atomic mass is 79.9. The van der Waals surface area contributed by atoms with Gasteiger partial charge in [0, 0.05) is 0 Å². The fourth-order valence-electron chi connectivity index (χ4n) is 3.72. The summed E-state index contributed by atoms with van der Waals surface area (Å²) >= 11 is 3.50. The molecule has 9 heteroatoms. The molecule has 1 aliphatic heterocycles. The van der Waals surface area contributed by atoms with Crippen molar-refractivity contribution in [3.8, 4) is 17.2 Å². The van der Waals surface area contributed by atoms with Crippen LogP contribution in [0.5, 0.6) is 17.2 Å². The molecule has 1 N–H and O–H groups in total. The first-order valence-corrected chi connectivity index (χ1v) is 12.4. The van der Waals surface area contributed by atoms with E-state index in [1.807, 2.05) is 50.2 Å². The van der Waals surface area contributed by atoms with Crippen LogP contribution in [0, 0.1) is 6.92 Å².